The van der Waals surface area contributed by atoms with Gasteiger partial charge in [-0.1, -0.05) is 0 Å². The van der Waals surface area contributed by atoms with Gasteiger partial charge in [0.1, 0.15) is 17.6 Å². The minimum Gasteiger partial charge on any atom is -0.455 e. The van der Waals surface area contributed by atoms with Gasteiger partial charge in [-0.05, 0) is 18.2 Å². The molecule has 1 aliphatic heterocycles. The van der Waals surface area contributed by atoms with Crippen molar-refractivity contribution < 1.29 is 26.8 Å². The number of halogens is 4. The molecule has 1 N–H and O–H groups in total. The maximum Gasteiger partial charge on any atom is 0.299 e. The summed E-state index contributed by atoms with van der Waals surface area (Å²) in [5.41, 5.74) is 0.862. The first-order valence-electron chi connectivity index (χ1n) is 9.24. The van der Waals surface area contributed by atoms with E-state index in [1.54, 1.807) is 0 Å². The maximum absolute atomic E-state index is 14.2. The third-order valence-corrected chi connectivity index (χ3v) is 5.22. The predicted octanol–water partition coefficient (Wildman–Crippen LogP) is 3.29. The van der Waals surface area contributed by atoms with Gasteiger partial charge in [-0.15, -0.1) is 5.10 Å². The van der Waals surface area contributed by atoms with Gasteiger partial charge in [0.2, 0.25) is 11.6 Å². The van der Waals surface area contributed by atoms with Crippen molar-refractivity contribution in [3.05, 3.63) is 65.0 Å². The number of H-pyrrole nitrogens is 1. The second kappa shape index (κ2) is 6.93. The number of aryl methyl sites for hydroxylation is 1. The summed E-state index contributed by atoms with van der Waals surface area (Å²) < 4.78 is 61.0. The molecule has 5 rings (SSSR count). The number of nitrogens with one attached hydrogen (secondary N) is 1. The Morgan fingerprint density at radius 1 is 1.29 bits per heavy atom. The number of aromatic nitrogens is 5. The molecule has 0 saturated carbocycles. The summed E-state index contributed by atoms with van der Waals surface area (Å²) in [5, 5.41) is 3.50. The van der Waals surface area contributed by atoms with Gasteiger partial charge in [0.05, 0.1) is 17.4 Å². The van der Waals surface area contributed by atoms with Crippen molar-refractivity contribution in [1.29, 1.82) is 0 Å². The number of amides is 1. The molecule has 8 nitrogen and oxygen atoms in total. The molecule has 0 saturated heterocycles. The Hall–Kier alpha value is -3.70. The molecule has 0 bridgehead atoms. The number of fused-ring (bicyclic) bond motifs is 2. The third kappa shape index (κ3) is 2.97. The van der Waals surface area contributed by atoms with E-state index in [9.17, 15) is 22.4 Å². The molecule has 1 aromatic carbocycles. The molecule has 1 amide bonds. The zero-order chi connectivity index (χ0) is 21.9. The number of hydrogen-bond acceptors (Lipinski definition) is 5. The van der Waals surface area contributed by atoms with Crippen molar-refractivity contribution in [1.82, 2.24) is 29.6 Å². The second-order valence-electron chi connectivity index (χ2n) is 7.06. The molecule has 0 aliphatic carbocycles. The van der Waals surface area contributed by atoms with Crippen LogP contribution in [-0.2, 0) is 13.5 Å². The number of aromatic amines is 1. The number of nitrogens with zero attached hydrogens (tertiary/aromatic N) is 5. The monoisotopic (exact) mass is 434 g/mol. The van der Waals surface area contributed by atoms with E-state index in [-0.39, 0.29) is 29.1 Å². The van der Waals surface area contributed by atoms with Crippen LogP contribution in [0.3, 0.4) is 0 Å². The molecule has 1 aliphatic rings. The number of carbonyl (C=O) groups is 1. The van der Waals surface area contributed by atoms with E-state index in [2.05, 4.69) is 20.1 Å². The molecular formula is C19H14F4N6O2. The highest BCUT2D eigenvalue weighted by Crippen LogP contribution is 2.38. The van der Waals surface area contributed by atoms with E-state index in [0.29, 0.717) is 12.1 Å². The highest BCUT2D eigenvalue weighted by Gasteiger charge is 2.39. The van der Waals surface area contributed by atoms with Crippen LogP contribution in [-0.4, -0.2) is 42.1 Å². The summed E-state index contributed by atoms with van der Waals surface area (Å²) in [6, 6.07) is 2.29. The molecule has 31 heavy (non-hydrogen) atoms. The van der Waals surface area contributed by atoms with Crippen LogP contribution in [0.5, 0.6) is 0 Å². The molecule has 0 fully saturated rings. The van der Waals surface area contributed by atoms with E-state index in [0.717, 1.165) is 22.5 Å². The van der Waals surface area contributed by atoms with Crippen LogP contribution < -0.4 is 0 Å². The van der Waals surface area contributed by atoms with Crippen molar-refractivity contribution in [2.75, 3.05) is 6.54 Å². The molecule has 160 valence electrons. The molecule has 12 heteroatoms. The van der Waals surface area contributed by atoms with E-state index in [1.165, 1.54) is 24.3 Å². The zero-order valence-corrected chi connectivity index (χ0v) is 15.9. The second-order valence-corrected chi connectivity index (χ2v) is 7.06. The molecular weight excluding hydrogens is 420 g/mol. The number of alkyl halides is 2. The van der Waals surface area contributed by atoms with E-state index < -0.39 is 35.8 Å². The van der Waals surface area contributed by atoms with Crippen molar-refractivity contribution in [3.63, 3.8) is 0 Å². The van der Waals surface area contributed by atoms with Crippen LogP contribution in [0.1, 0.15) is 46.1 Å². The lowest BCUT2D eigenvalue weighted by Gasteiger charge is -2.33. The topological polar surface area (TPSA) is 92.8 Å². The number of imidazole rings is 1. The van der Waals surface area contributed by atoms with Gasteiger partial charge in [0, 0.05) is 25.7 Å². The number of furan rings is 1. The van der Waals surface area contributed by atoms with Crippen molar-refractivity contribution in [2.24, 2.45) is 7.05 Å². The smallest absolute Gasteiger partial charge is 0.299 e. The van der Waals surface area contributed by atoms with Crippen LogP contribution in [0.4, 0.5) is 17.6 Å². The summed E-state index contributed by atoms with van der Waals surface area (Å²) >= 11 is 0. The highest BCUT2D eigenvalue weighted by molar-refractivity contribution is 5.91. The van der Waals surface area contributed by atoms with E-state index in [4.69, 9.17) is 4.42 Å². The van der Waals surface area contributed by atoms with E-state index in [1.807, 2.05) is 0 Å². The average Bonchev–Trinajstić information content (AvgIpc) is 3.47. The fourth-order valence-electron chi connectivity index (χ4n) is 3.81. The average molecular weight is 434 g/mol. The number of benzene rings is 1. The van der Waals surface area contributed by atoms with Crippen LogP contribution in [0.15, 0.2) is 28.9 Å². The Bertz CT molecular complexity index is 1270. The third-order valence-electron chi connectivity index (χ3n) is 5.22. The maximum atomic E-state index is 14.2. The van der Waals surface area contributed by atoms with Gasteiger partial charge < -0.3 is 14.3 Å². The molecule has 1 atom stereocenters. The van der Waals surface area contributed by atoms with Gasteiger partial charge in [0.25, 0.3) is 12.3 Å². The largest absolute Gasteiger partial charge is 0.455 e. The van der Waals surface area contributed by atoms with Crippen molar-refractivity contribution in [3.8, 4) is 0 Å². The summed E-state index contributed by atoms with van der Waals surface area (Å²) in [4.78, 5) is 25.4. The SMILES string of the molecule is Cn1nc(C(F)F)nc1C(=O)N1CCc2[nH]cnc2[C@H]1c1cc2c(F)ccc(F)c2o1. The Morgan fingerprint density at radius 2 is 2.06 bits per heavy atom. The molecule has 0 unspecified atom stereocenters. The molecule has 4 heterocycles. The molecule has 0 spiro atoms. The first-order chi connectivity index (χ1) is 14.8. The van der Waals surface area contributed by atoms with Gasteiger partial charge >= 0.3 is 0 Å². The Labute approximate surface area is 171 Å². The number of carbonyl (C=O) groups excluding carboxylic acids is 1. The van der Waals surface area contributed by atoms with E-state index >= 15 is 0 Å². The quantitative estimate of drug-likeness (QED) is 0.500. The normalized spacial score (nSPS) is 16.3. The Balaban J connectivity index is 1.63. The minimum absolute atomic E-state index is 0.0799. The molecule has 0 radical (unpaired) electrons. The summed E-state index contributed by atoms with van der Waals surface area (Å²) in [6.07, 6.45) is -1.10. The summed E-state index contributed by atoms with van der Waals surface area (Å²) in [5.74, 6) is -3.12. The molecule has 4 aromatic rings. The van der Waals surface area contributed by atoms with Crippen LogP contribution in [0, 0.1) is 11.6 Å². The minimum atomic E-state index is -2.94. The van der Waals surface area contributed by atoms with Crippen molar-refractivity contribution >= 4 is 16.9 Å². The lowest BCUT2D eigenvalue weighted by Crippen LogP contribution is -2.41. The van der Waals surface area contributed by atoms with Gasteiger partial charge in [-0.3, -0.25) is 4.79 Å². The highest BCUT2D eigenvalue weighted by atomic mass is 19.3. The fraction of sp³-hybridized carbons (Fsp3) is 0.263. The summed E-state index contributed by atoms with van der Waals surface area (Å²) in [6.45, 7) is 0.164. The van der Waals surface area contributed by atoms with Crippen molar-refractivity contribution in [2.45, 2.75) is 18.9 Å². The van der Waals surface area contributed by atoms with Gasteiger partial charge in [0.15, 0.2) is 11.4 Å². The number of rotatable bonds is 3. The lowest BCUT2D eigenvalue weighted by atomic mass is 10.00. The van der Waals surface area contributed by atoms with Gasteiger partial charge in [-0.2, -0.15) is 0 Å². The Morgan fingerprint density at radius 3 is 2.77 bits per heavy atom. The molecule has 3 aromatic heterocycles. The number of hydrogen-bond donors (Lipinski definition) is 1. The summed E-state index contributed by atoms with van der Waals surface area (Å²) in [7, 11) is 1.33. The fourth-order valence-corrected chi connectivity index (χ4v) is 3.81. The van der Waals surface area contributed by atoms with Crippen LogP contribution in [0.2, 0.25) is 0 Å². The zero-order valence-electron chi connectivity index (χ0n) is 15.9. The van der Waals surface area contributed by atoms with Gasteiger partial charge in [-0.25, -0.2) is 32.2 Å². The standard InChI is InChI=1S/C19H14F4N6O2/c1-28-18(26-17(27-28)16(22)23)19(30)29-5-4-11-13(25-7-24-11)14(29)12-6-8-9(20)2-3-10(21)15(8)31-12/h2-3,6-7,14,16H,4-5H2,1H3,(H,24,25)/t14-/m1/s1. The van der Waals surface area contributed by atoms with Crippen LogP contribution >= 0.6 is 0 Å². The lowest BCUT2D eigenvalue weighted by molar-refractivity contribution is 0.0654. The Kier molecular flexibility index (Phi) is 4.31. The predicted molar refractivity (Wildman–Crippen MR) is 97.3 cm³/mol. The first kappa shape index (κ1) is 19.3. The first-order valence-corrected chi connectivity index (χ1v) is 9.24. The van der Waals surface area contributed by atoms with Crippen LogP contribution in [0.25, 0.3) is 11.0 Å².